The number of aromatic nitrogens is 1. The second kappa shape index (κ2) is 4.76. The van der Waals surface area contributed by atoms with Gasteiger partial charge in [-0.05, 0) is 19.1 Å². The summed E-state index contributed by atoms with van der Waals surface area (Å²) in [6.45, 7) is 2.47. The Morgan fingerprint density at radius 3 is 2.44 bits per heavy atom. The lowest BCUT2D eigenvalue weighted by Crippen LogP contribution is -2.18. The van der Waals surface area contributed by atoms with Gasteiger partial charge in [-0.3, -0.25) is 4.57 Å². The Balaban J connectivity index is 2.86. The van der Waals surface area contributed by atoms with Crippen LogP contribution in [0.1, 0.15) is 6.92 Å². The van der Waals surface area contributed by atoms with Crippen molar-refractivity contribution in [3.05, 3.63) is 24.3 Å². The number of rotatable bonds is 4. The standard InChI is InChI=1S/C12H16NO4P/c1-4-13-10-8-6-5-7-9(10)11(14)12(13)18(15,16-2)17-3/h5-8,14H,4H2,1-3H3. The van der Waals surface area contributed by atoms with Crippen LogP contribution in [0.15, 0.2) is 24.3 Å². The van der Waals surface area contributed by atoms with Gasteiger partial charge in [0.05, 0.1) is 5.52 Å². The SMILES string of the molecule is CCn1c(P(=O)(OC)OC)c(O)c2ccccc21. The molecule has 2 rings (SSSR count). The Bertz CT molecular complexity index is 612. The summed E-state index contributed by atoms with van der Waals surface area (Å²) < 4.78 is 24.2. The second-order valence-electron chi connectivity index (χ2n) is 3.80. The Morgan fingerprint density at radius 1 is 1.28 bits per heavy atom. The topological polar surface area (TPSA) is 60.7 Å². The van der Waals surface area contributed by atoms with Crippen LogP contribution in [0.4, 0.5) is 0 Å². The summed E-state index contributed by atoms with van der Waals surface area (Å²) in [5.74, 6) is -0.0421. The molecular weight excluding hydrogens is 253 g/mol. The maximum atomic E-state index is 12.5. The highest BCUT2D eigenvalue weighted by Crippen LogP contribution is 2.49. The Hall–Kier alpha value is -1.29. The lowest BCUT2D eigenvalue weighted by atomic mass is 10.2. The monoisotopic (exact) mass is 269 g/mol. The predicted octanol–water partition coefficient (Wildman–Crippen LogP) is 2.48. The molecule has 1 N–H and O–H groups in total. The number of hydrogen-bond acceptors (Lipinski definition) is 4. The summed E-state index contributed by atoms with van der Waals surface area (Å²) in [5, 5.41) is 10.9. The van der Waals surface area contributed by atoms with Gasteiger partial charge in [0, 0.05) is 26.2 Å². The van der Waals surface area contributed by atoms with Crippen LogP contribution in [-0.4, -0.2) is 23.9 Å². The Morgan fingerprint density at radius 2 is 1.89 bits per heavy atom. The highest BCUT2D eigenvalue weighted by atomic mass is 31.2. The van der Waals surface area contributed by atoms with E-state index in [1.54, 1.807) is 10.6 Å². The molecular formula is C12H16NO4P. The van der Waals surface area contributed by atoms with Crippen molar-refractivity contribution in [2.24, 2.45) is 0 Å². The van der Waals surface area contributed by atoms with E-state index in [2.05, 4.69) is 0 Å². The molecule has 0 aliphatic heterocycles. The number of fused-ring (bicyclic) bond motifs is 1. The molecule has 1 aromatic heterocycles. The van der Waals surface area contributed by atoms with Gasteiger partial charge in [-0.1, -0.05) is 12.1 Å². The van der Waals surface area contributed by atoms with Gasteiger partial charge in [-0.25, -0.2) is 0 Å². The molecule has 0 aliphatic rings. The molecule has 0 aliphatic carbocycles. The molecule has 5 nitrogen and oxygen atoms in total. The van der Waals surface area contributed by atoms with Crippen LogP contribution in [0.3, 0.4) is 0 Å². The third kappa shape index (κ3) is 1.75. The number of aryl methyl sites for hydroxylation is 1. The number of hydrogen-bond donors (Lipinski definition) is 1. The second-order valence-corrected chi connectivity index (χ2v) is 5.95. The van der Waals surface area contributed by atoms with Crippen molar-refractivity contribution in [2.45, 2.75) is 13.5 Å². The van der Waals surface area contributed by atoms with Gasteiger partial charge in [0.25, 0.3) is 0 Å². The molecule has 0 amide bonds. The number of para-hydroxylation sites is 1. The molecule has 1 aromatic carbocycles. The zero-order valence-corrected chi connectivity index (χ0v) is 11.5. The van der Waals surface area contributed by atoms with E-state index >= 15 is 0 Å². The summed E-state index contributed by atoms with van der Waals surface area (Å²) in [4.78, 5) is 0. The molecule has 98 valence electrons. The molecule has 0 spiro atoms. The summed E-state index contributed by atoms with van der Waals surface area (Å²) in [7, 11) is -0.871. The molecule has 0 bridgehead atoms. The van der Waals surface area contributed by atoms with Crippen molar-refractivity contribution >= 4 is 23.9 Å². The zero-order chi connectivity index (χ0) is 13.3. The quantitative estimate of drug-likeness (QED) is 0.866. The Kier molecular flexibility index (Phi) is 3.48. The zero-order valence-electron chi connectivity index (χ0n) is 10.6. The van der Waals surface area contributed by atoms with Crippen LogP contribution in [0.2, 0.25) is 0 Å². The molecule has 0 unspecified atom stereocenters. The third-order valence-corrected chi connectivity index (χ3v) is 4.91. The van der Waals surface area contributed by atoms with Crippen LogP contribution in [0.5, 0.6) is 5.75 Å². The maximum absolute atomic E-state index is 12.5. The van der Waals surface area contributed by atoms with E-state index in [0.717, 1.165) is 5.52 Å². The van der Waals surface area contributed by atoms with E-state index in [9.17, 15) is 9.67 Å². The Labute approximate surface area is 105 Å². The van der Waals surface area contributed by atoms with Crippen LogP contribution in [0, 0.1) is 0 Å². The first kappa shape index (κ1) is 13.1. The molecule has 1 heterocycles. The fourth-order valence-corrected chi connectivity index (χ4v) is 3.54. The van der Waals surface area contributed by atoms with Gasteiger partial charge in [0.2, 0.25) is 0 Å². The first-order valence-corrected chi connectivity index (χ1v) is 7.15. The van der Waals surface area contributed by atoms with Gasteiger partial charge in [0.15, 0.2) is 11.2 Å². The van der Waals surface area contributed by atoms with Crippen LogP contribution >= 0.6 is 7.60 Å². The first-order valence-electron chi connectivity index (χ1n) is 5.61. The minimum Gasteiger partial charge on any atom is -0.505 e. The van der Waals surface area contributed by atoms with E-state index in [1.165, 1.54) is 14.2 Å². The van der Waals surface area contributed by atoms with Gasteiger partial charge >= 0.3 is 7.60 Å². The van der Waals surface area contributed by atoms with Gasteiger partial charge in [0.1, 0.15) is 0 Å². The van der Waals surface area contributed by atoms with Crippen LogP contribution < -0.4 is 5.44 Å². The third-order valence-electron chi connectivity index (χ3n) is 2.97. The smallest absolute Gasteiger partial charge is 0.380 e. The first-order chi connectivity index (χ1) is 8.59. The lowest BCUT2D eigenvalue weighted by Gasteiger charge is -2.16. The number of nitrogens with zero attached hydrogens (tertiary/aromatic N) is 1. The van der Waals surface area contributed by atoms with Crippen molar-refractivity contribution in [1.29, 1.82) is 0 Å². The largest absolute Gasteiger partial charge is 0.505 e. The summed E-state index contributed by atoms with van der Waals surface area (Å²) in [6.07, 6.45) is 0. The van der Waals surface area contributed by atoms with E-state index < -0.39 is 7.60 Å². The summed E-state index contributed by atoms with van der Waals surface area (Å²) >= 11 is 0. The van der Waals surface area contributed by atoms with Crippen LogP contribution in [-0.2, 0) is 20.2 Å². The number of aromatic hydroxyl groups is 1. The van der Waals surface area contributed by atoms with Crippen LogP contribution in [0.25, 0.3) is 10.9 Å². The predicted molar refractivity (Wildman–Crippen MR) is 70.5 cm³/mol. The van der Waals surface area contributed by atoms with Gasteiger partial charge in [-0.15, -0.1) is 0 Å². The minimum absolute atomic E-state index is 0.0421. The normalized spacial score (nSPS) is 12.2. The van der Waals surface area contributed by atoms with Crippen molar-refractivity contribution in [3.63, 3.8) is 0 Å². The van der Waals surface area contributed by atoms with E-state index in [4.69, 9.17) is 9.05 Å². The molecule has 18 heavy (non-hydrogen) atoms. The molecule has 2 aromatic rings. The highest BCUT2D eigenvalue weighted by molar-refractivity contribution is 7.62. The fourth-order valence-electron chi connectivity index (χ4n) is 2.12. The fraction of sp³-hybridized carbons (Fsp3) is 0.333. The van der Waals surface area contributed by atoms with Crippen molar-refractivity contribution in [3.8, 4) is 5.75 Å². The lowest BCUT2D eigenvalue weighted by molar-refractivity contribution is 0.284. The van der Waals surface area contributed by atoms with Gasteiger partial charge in [-0.2, -0.15) is 0 Å². The van der Waals surface area contributed by atoms with E-state index in [0.29, 0.717) is 11.9 Å². The van der Waals surface area contributed by atoms with E-state index in [-0.39, 0.29) is 11.2 Å². The average molecular weight is 269 g/mol. The van der Waals surface area contributed by atoms with Crippen molar-refractivity contribution in [1.82, 2.24) is 4.57 Å². The highest BCUT2D eigenvalue weighted by Gasteiger charge is 2.34. The average Bonchev–Trinajstić information content (AvgIpc) is 2.71. The molecule has 0 radical (unpaired) electrons. The minimum atomic E-state index is -3.48. The number of benzene rings is 1. The molecule has 0 fully saturated rings. The summed E-state index contributed by atoms with van der Waals surface area (Å²) in [5.41, 5.74) is 1.01. The van der Waals surface area contributed by atoms with Crippen molar-refractivity contribution in [2.75, 3.05) is 14.2 Å². The molecule has 0 saturated heterocycles. The molecule has 0 atom stereocenters. The molecule has 6 heteroatoms. The summed E-state index contributed by atoms with van der Waals surface area (Å²) in [6, 6.07) is 7.31. The maximum Gasteiger partial charge on any atom is 0.380 e. The van der Waals surface area contributed by atoms with E-state index in [1.807, 2.05) is 25.1 Å². The van der Waals surface area contributed by atoms with Crippen molar-refractivity contribution < 1.29 is 18.7 Å². The van der Waals surface area contributed by atoms with Gasteiger partial charge < -0.3 is 18.7 Å². The molecule has 0 saturated carbocycles.